The second-order valence-electron chi connectivity index (χ2n) is 6.07. The Morgan fingerprint density at radius 1 is 1.08 bits per heavy atom. The average molecular weight is 354 g/mol. The van der Waals surface area contributed by atoms with Crippen molar-refractivity contribution in [1.29, 1.82) is 0 Å². The summed E-state index contributed by atoms with van der Waals surface area (Å²) in [6.45, 7) is 4.33. The highest BCUT2D eigenvalue weighted by Gasteiger charge is 2.19. The first-order chi connectivity index (χ1) is 12.6. The van der Waals surface area contributed by atoms with E-state index < -0.39 is 0 Å². The number of hydrogen-bond acceptors (Lipinski definition) is 6. The van der Waals surface area contributed by atoms with Crippen LogP contribution >= 0.6 is 0 Å². The van der Waals surface area contributed by atoms with Crippen LogP contribution in [-0.2, 0) is 0 Å². The second-order valence-corrected chi connectivity index (χ2v) is 6.07. The molecular formula is C20H22N2O4. The molecule has 3 aromatic rings. The van der Waals surface area contributed by atoms with Crippen LogP contribution in [0.3, 0.4) is 0 Å². The Morgan fingerprint density at radius 2 is 1.81 bits per heavy atom. The topological polar surface area (TPSA) is 77.6 Å². The molecule has 1 aromatic carbocycles. The van der Waals surface area contributed by atoms with Crippen molar-refractivity contribution >= 4 is 0 Å². The maximum Gasteiger partial charge on any atom is 0.212 e. The number of rotatable bonds is 7. The van der Waals surface area contributed by atoms with Crippen LogP contribution in [-0.4, -0.2) is 35.4 Å². The fourth-order valence-corrected chi connectivity index (χ4v) is 2.48. The van der Waals surface area contributed by atoms with E-state index in [1.165, 1.54) is 0 Å². The molecule has 0 amide bonds. The van der Waals surface area contributed by atoms with Gasteiger partial charge in [-0.15, -0.1) is 0 Å². The van der Waals surface area contributed by atoms with E-state index in [0.29, 0.717) is 23.3 Å². The molecule has 0 spiro atoms. The predicted octanol–water partition coefficient (Wildman–Crippen LogP) is 3.91. The van der Waals surface area contributed by atoms with Crippen molar-refractivity contribution in [2.24, 2.45) is 0 Å². The number of hydrogen-bond donors (Lipinski definition) is 1. The van der Waals surface area contributed by atoms with Gasteiger partial charge in [-0.25, -0.2) is 9.97 Å². The van der Waals surface area contributed by atoms with Crippen LogP contribution in [0.2, 0.25) is 0 Å². The third kappa shape index (κ3) is 3.86. The zero-order valence-electron chi connectivity index (χ0n) is 15.1. The van der Waals surface area contributed by atoms with Crippen molar-refractivity contribution < 1.29 is 19.0 Å². The van der Waals surface area contributed by atoms with Crippen LogP contribution in [0.25, 0.3) is 22.6 Å². The van der Waals surface area contributed by atoms with E-state index in [-0.39, 0.29) is 19.1 Å². The van der Waals surface area contributed by atoms with Gasteiger partial charge in [-0.05, 0) is 30.3 Å². The number of benzene rings is 1. The number of aliphatic hydroxyl groups excluding tert-OH is 1. The summed E-state index contributed by atoms with van der Waals surface area (Å²) in [5, 5.41) is 8.85. The van der Waals surface area contributed by atoms with Crippen molar-refractivity contribution in [1.82, 2.24) is 9.97 Å². The van der Waals surface area contributed by atoms with E-state index in [1.807, 2.05) is 44.2 Å². The molecule has 0 aliphatic heterocycles. The molecule has 0 saturated carbocycles. The van der Waals surface area contributed by atoms with Gasteiger partial charge in [0.05, 0.1) is 13.7 Å². The first-order valence-corrected chi connectivity index (χ1v) is 8.47. The maximum atomic E-state index is 8.85. The van der Waals surface area contributed by atoms with Crippen molar-refractivity contribution in [3.8, 4) is 34.2 Å². The fourth-order valence-electron chi connectivity index (χ4n) is 2.48. The largest absolute Gasteiger partial charge is 0.491 e. The molecule has 26 heavy (non-hydrogen) atoms. The fraction of sp³-hybridized carbons (Fsp3) is 0.300. The lowest BCUT2D eigenvalue weighted by Gasteiger charge is -2.06. The second kappa shape index (κ2) is 8.01. The number of methoxy groups -OCH3 is 1. The molecule has 3 rings (SSSR count). The lowest BCUT2D eigenvalue weighted by molar-refractivity contribution is 0.201. The van der Waals surface area contributed by atoms with Crippen molar-refractivity contribution in [2.75, 3.05) is 20.3 Å². The van der Waals surface area contributed by atoms with Crippen LogP contribution in [0.15, 0.2) is 47.0 Å². The quantitative estimate of drug-likeness (QED) is 0.693. The summed E-state index contributed by atoms with van der Waals surface area (Å²) in [5.74, 6) is 2.77. The SMILES string of the molecule is COc1ccc(-c2nc(C(C)C)oc2-c2ccc(OCCO)cc2)cn1. The molecule has 0 aliphatic rings. The van der Waals surface area contributed by atoms with Gasteiger partial charge in [0.15, 0.2) is 11.7 Å². The van der Waals surface area contributed by atoms with Gasteiger partial charge in [0, 0.05) is 29.3 Å². The van der Waals surface area contributed by atoms with Crippen molar-refractivity contribution in [3.63, 3.8) is 0 Å². The molecule has 0 fully saturated rings. The Morgan fingerprint density at radius 3 is 2.38 bits per heavy atom. The standard InChI is InChI=1S/C20H22N2O4/c1-13(2)20-22-18(15-6-9-17(24-3)21-12-15)19(26-20)14-4-7-16(8-5-14)25-11-10-23/h4-9,12-13,23H,10-11H2,1-3H3. The van der Waals surface area contributed by atoms with Crippen molar-refractivity contribution in [2.45, 2.75) is 19.8 Å². The van der Waals surface area contributed by atoms with Crippen LogP contribution < -0.4 is 9.47 Å². The zero-order valence-corrected chi connectivity index (χ0v) is 15.1. The Hall–Kier alpha value is -2.86. The van der Waals surface area contributed by atoms with Gasteiger partial charge in [-0.2, -0.15) is 0 Å². The van der Waals surface area contributed by atoms with E-state index in [2.05, 4.69) is 9.97 Å². The number of pyridine rings is 1. The smallest absolute Gasteiger partial charge is 0.212 e. The van der Waals surface area contributed by atoms with E-state index in [9.17, 15) is 0 Å². The first kappa shape index (κ1) is 17.9. The van der Waals surface area contributed by atoms with Crippen LogP contribution in [0, 0.1) is 0 Å². The molecule has 2 heterocycles. The highest BCUT2D eigenvalue weighted by atomic mass is 16.5. The van der Waals surface area contributed by atoms with Gasteiger partial charge in [0.2, 0.25) is 5.88 Å². The minimum atomic E-state index is -0.0176. The number of aromatic nitrogens is 2. The maximum absolute atomic E-state index is 8.85. The molecule has 0 bridgehead atoms. The Kier molecular flexibility index (Phi) is 5.53. The predicted molar refractivity (Wildman–Crippen MR) is 98.4 cm³/mol. The van der Waals surface area contributed by atoms with E-state index in [4.69, 9.17) is 19.0 Å². The molecule has 6 heteroatoms. The summed E-state index contributed by atoms with van der Waals surface area (Å²) >= 11 is 0. The van der Waals surface area contributed by atoms with Crippen LogP contribution in [0.5, 0.6) is 11.6 Å². The molecule has 0 unspecified atom stereocenters. The van der Waals surface area contributed by atoms with E-state index in [0.717, 1.165) is 16.8 Å². The lowest BCUT2D eigenvalue weighted by atomic mass is 10.1. The monoisotopic (exact) mass is 354 g/mol. The average Bonchev–Trinajstić information content (AvgIpc) is 3.12. The Bertz CT molecular complexity index is 839. The van der Waals surface area contributed by atoms with Gasteiger partial charge in [0.25, 0.3) is 0 Å². The Balaban J connectivity index is 1.99. The summed E-state index contributed by atoms with van der Waals surface area (Å²) in [6, 6.07) is 11.2. The normalized spacial score (nSPS) is 11.0. The molecule has 0 radical (unpaired) electrons. The molecule has 136 valence electrons. The number of oxazole rings is 1. The third-order valence-electron chi connectivity index (χ3n) is 3.83. The van der Waals surface area contributed by atoms with Gasteiger partial charge < -0.3 is 19.0 Å². The summed E-state index contributed by atoms with van der Waals surface area (Å²) in [6.07, 6.45) is 1.73. The number of aliphatic hydroxyl groups is 1. The van der Waals surface area contributed by atoms with Gasteiger partial charge in [0.1, 0.15) is 18.1 Å². The number of nitrogens with zero attached hydrogens (tertiary/aromatic N) is 2. The van der Waals surface area contributed by atoms with Gasteiger partial charge in [-0.3, -0.25) is 0 Å². The van der Waals surface area contributed by atoms with E-state index >= 15 is 0 Å². The summed E-state index contributed by atoms with van der Waals surface area (Å²) in [5.41, 5.74) is 2.50. The van der Waals surface area contributed by atoms with Crippen LogP contribution in [0.1, 0.15) is 25.7 Å². The molecule has 2 aromatic heterocycles. The first-order valence-electron chi connectivity index (χ1n) is 8.47. The Labute approximate surface area is 152 Å². The zero-order chi connectivity index (χ0) is 18.5. The third-order valence-corrected chi connectivity index (χ3v) is 3.83. The summed E-state index contributed by atoms with van der Waals surface area (Å²) < 4.78 is 16.6. The molecule has 1 N–H and O–H groups in total. The minimum Gasteiger partial charge on any atom is -0.491 e. The number of ether oxygens (including phenoxy) is 2. The summed E-state index contributed by atoms with van der Waals surface area (Å²) in [4.78, 5) is 8.93. The van der Waals surface area contributed by atoms with Gasteiger partial charge >= 0.3 is 0 Å². The van der Waals surface area contributed by atoms with Gasteiger partial charge in [-0.1, -0.05) is 13.8 Å². The lowest BCUT2D eigenvalue weighted by Crippen LogP contribution is -2.01. The highest BCUT2D eigenvalue weighted by molar-refractivity contribution is 5.76. The molecule has 0 saturated heterocycles. The highest BCUT2D eigenvalue weighted by Crippen LogP contribution is 2.35. The molecule has 0 atom stereocenters. The van der Waals surface area contributed by atoms with Crippen molar-refractivity contribution in [3.05, 3.63) is 48.5 Å². The minimum absolute atomic E-state index is 0.0176. The molecular weight excluding hydrogens is 332 g/mol. The summed E-state index contributed by atoms with van der Waals surface area (Å²) in [7, 11) is 1.58. The molecule has 0 aliphatic carbocycles. The van der Waals surface area contributed by atoms with Crippen LogP contribution in [0.4, 0.5) is 0 Å². The molecule has 6 nitrogen and oxygen atoms in total. The van der Waals surface area contributed by atoms with E-state index in [1.54, 1.807) is 19.4 Å².